The van der Waals surface area contributed by atoms with E-state index < -0.39 is 4.92 Å². The molecule has 0 bridgehead atoms. The van der Waals surface area contributed by atoms with Gasteiger partial charge < -0.3 is 5.32 Å². The van der Waals surface area contributed by atoms with Gasteiger partial charge >= 0.3 is 5.69 Å². The molecule has 0 saturated carbocycles. The molecule has 0 atom stereocenters. The molecule has 1 N–H and O–H groups in total. The number of fused-ring (bicyclic) bond motifs is 1. The van der Waals surface area contributed by atoms with Gasteiger partial charge in [-0.2, -0.15) is 0 Å². The molecule has 0 fully saturated rings. The SMILES string of the molecule is CC(C)Nc1ncnc(-n2cnc3ccccc32)c1[N+](=O)[O-]. The van der Waals surface area contributed by atoms with Crippen molar-refractivity contribution in [3.63, 3.8) is 0 Å². The molecule has 0 radical (unpaired) electrons. The van der Waals surface area contributed by atoms with Crippen molar-refractivity contribution >= 4 is 22.5 Å². The van der Waals surface area contributed by atoms with Crippen LogP contribution in [0.15, 0.2) is 36.9 Å². The molecular weight excluding hydrogens is 284 g/mol. The van der Waals surface area contributed by atoms with E-state index in [4.69, 9.17) is 0 Å². The second-order valence-corrected chi connectivity index (χ2v) is 5.05. The lowest BCUT2D eigenvalue weighted by Gasteiger charge is -2.11. The van der Waals surface area contributed by atoms with E-state index in [1.54, 1.807) is 4.57 Å². The van der Waals surface area contributed by atoms with Crippen LogP contribution < -0.4 is 5.32 Å². The number of hydrogen-bond acceptors (Lipinski definition) is 6. The molecule has 0 spiro atoms. The van der Waals surface area contributed by atoms with Crippen LogP contribution in [0.2, 0.25) is 0 Å². The van der Waals surface area contributed by atoms with E-state index in [-0.39, 0.29) is 23.4 Å². The van der Waals surface area contributed by atoms with Crippen molar-refractivity contribution in [2.75, 3.05) is 5.32 Å². The number of imidazole rings is 1. The van der Waals surface area contributed by atoms with Crippen LogP contribution in [-0.2, 0) is 0 Å². The maximum Gasteiger partial charge on any atom is 0.354 e. The van der Waals surface area contributed by atoms with Gasteiger partial charge in [-0.1, -0.05) is 12.1 Å². The Morgan fingerprint density at radius 1 is 1.23 bits per heavy atom. The van der Waals surface area contributed by atoms with Gasteiger partial charge in [0.25, 0.3) is 0 Å². The molecular formula is C14H14N6O2. The average Bonchev–Trinajstić information content (AvgIpc) is 2.90. The van der Waals surface area contributed by atoms with Gasteiger partial charge in [0.1, 0.15) is 12.7 Å². The molecule has 0 aliphatic rings. The minimum atomic E-state index is -0.477. The number of para-hydroxylation sites is 2. The predicted octanol–water partition coefficient (Wildman–Crippen LogP) is 2.54. The molecule has 0 amide bonds. The van der Waals surface area contributed by atoms with Gasteiger partial charge in [0.15, 0.2) is 0 Å². The number of nitrogens with one attached hydrogen (secondary N) is 1. The molecule has 1 aromatic carbocycles. The van der Waals surface area contributed by atoms with Crippen LogP contribution in [-0.4, -0.2) is 30.5 Å². The summed E-state index contributed by atoms with van der Waals surface area (Å²) in [6, 6.07) is 7.40. The molecule has 8 heteroatoms. The van der Waals surface area contributed by atoms with Gasteiger partial charge in [0.2, 0.25) is 11.6 Å². The van der Waals surface area contributed by atoms with Crippen molar-refractivity contribution < 1.29 is 4.92 Å². The highest BCUT2D eigenvalue weighted by atomic mass is 16.6. The standard InChI is InChI=1S/C14H14N6O2/c1-9(2)18-13-12(20(21)22)14(16-7-15-13)19-8-17-10-5-3-4-6-11(10)19/h3-9H,1-2H3,(H,15,16,18). The summed E-state index contributed by atoms with van der Waals surface area (Å²) in [6.07, 6.45) is 2.83. The van der Waals surface area contributed by atoms with Crippen molar-refractivity contribution in [1.82, 2.24) is 19.5 Å². The van der Waals surface area contributed by atoms with E-state index in [0.717, 1.165) is 11.0 Å². The Hall–Kier alpha value is -3.03. The quantitative estimate of drug-likeness (QED) is 0.587. The van der Waals surface area contributed by atoms with Crippen LogP contribution in [0.25, 0.3) is 16.9 Å². The van der Waals surface area contributed by atoms with Crippen LogP contribution >= 0.6 is 0 Å². The van der Waals surface area contributed by atoms with Crippen LogP contribution in [0.5, 0.6) is 0 Å². The number of benzene rings is 1. The Balaban J connectivity index is 2.24. The van der Waals surface area contributed by atoms with Gasteiger partial charge in [0.05, 0.1) is 16.0 Å². The highest BCUT2D eigenvalue weighted by Gasteiger charge is 2.25. The number of hydrogen-bond donors (Lipinski definition) is 1. The number of rotatable bonds is 4. The zero-order valence-electron chi connectivity index (χ0n) is 12.1. The first-order valence-corrected chi connectivity index (χ1v) is 6.76. The summed E-state index contributed by atoms with van der Waals surface area (Å²) in [5.74, 6) is 0.389. The molecule has 0 aliphatic carbocycles. The topological polar surface area (TPSA) is 98.8 Å². The van der Waals surface area contributed by atoms with Crippen LogP contribution in [0, 0.1) is 10.1 Å². The summed E-state index contributed by atoms with van der Waals surface area (Å²) >= 11 is 0. The Labute approximate surface area is 126 Å². The average molecular weight is 298 g/mol. The zero-order valence-corrected chi connectivity index (χ0v) is 12.1. The summed E-state index contributed by atoms with van der Waals surface area (Å²) in [7, 11) is 0. The zero-order chi connectivity index (χ0) is 15.7. The normalized spacial score (nSPS) is 11.0. The van der Waals surface area contributed by atoms with Crippen molar-refractivity contribution in [3.05, 3.63) is 47.0 Å². The lowest BCUT2D eigenvalue weighted by molar-refractivity contribution is -0.384. The third kappa shape index (κ3) is 2.34. The number of aromatic nitrogens is 4. The second kappa shape index (κ2) is 5.40. The Morgan fingerprint density at radius 3 is 2.73 bits per heavy atom. The third-order valence-corrected chi connectivity index (χ3v) is 3.09. The summed E-state index contributed by atoms with van der Waals surface area (Å²) in [6.45, 7) is 3.77. The van der Waals surface area contributed by atoms with Crippen molar-refractivity contribution in [2.24, 2.45) is 0 Å². The number of nitro groups is 1. The summed E-state index contributed by atoms with van der Waals surface area (Å²) < 4.78 is 1.60. The molecule has 0 saturated heterocycles. The van der Waals surface area contributed by atoms with Crippen molar-refractivity contribution in [1.29, 1.82) is 0 Å². The van der Waals surface area contributed by atoms with Crippen molar-refractivity contribution in [3.8, 4) is 5.82 Å². The number of anilines is 1. The monoisotopic (exact) mass is 298 g/mol. The van der Waals surface area contributed by atoms with E-state index in [2.05, 4.69) is 20.3 Å². The van der Waals surface area contributed by atoms with Gasteiger partial charge in [-0.25, -0.2) is 15.0 Å². The first-order valence-electron chi connectivity index (χ1n) is 6.76. The highest BCUT2D eigenvalue weighted by molar-refractivity contribution is 5.79. The second-order valence-electron chi connectivity index (χ2n) is 5.05. The van der Waals surface area contributed by atoms with Crippen LogP contribution in [0.4, 0.5) is 11.5 Å². The van der Waals surface area contributed by atoms with Crippen LogP contribution in [0.3, 0.4) is 0 Å². The molecule has 2 heterocycles. The van der Waals surface area contributed by atoms with Crippen molar-refractivity contribution in [2.45, 2.75) is 19.9 Å². The Bertz CT molecular complexity index is 842. The molecule has 2 aromatic heterocycles. The maximum atomic E-state index is 11.5. The Kier molecular flexibility index (Phi) is 3.42. The molecule has 22 heavy (non-hydrogen) atoms. The lowest BCUT2D eigenvalue weighted by Crippen LogP contribution is -2.14. The van der Waals surface area contributed by atoms with Gasteiger partial charge in [-0.15, -0.1) is 0 Å². The largest absolute Gasteiger partial charge is 0.362 e. The van der Waals surface area contributed by atoms with Gasteiger partial charge in [-0.3, -0.25) is 14.7 Å². The minimum Gasteiger partial charge on any atom is -0.362 e. The fourth-order valence-corrected chi connectivity index (χ4v) is 2.22. The third-order valence-electron chi connectivity index (χ3n) is 3.09. The molecule has 8 nitrogen and oxygen atoms in total. The first-order chi connectivity index (χ1) is 10.6. The van der Waals surface area contributed by atoms with E-state index in [9.17, 15) is 10.1 Å². The predicted molar refractivity (Wildman–Crippen MR) is 82.1 cm³/mol. The summed E-state index contributed by atoms with van der Waals surface area (Å²) in [5.41, 5.74) is 1.33. The maximum absolute atomic E-state index is 11.5. The van der Waals surface area contributed by atoms with E-state index in [1.807, 2.05) is 38.1 Å². The Morgan fingerprint density at radius 2 is 2.00 bits per heavy atom. The fourth-order valence-electron chi connectivity index (χ4n) is 2.22. The molecule has 112 valence electrons. The van der Waals surface area contributed by atoms with Crippen LogP contribution in [0.1, 0.15) is 13.8 Å². The lowest BCUT2D eigenvalue weighted by atomic mass is 10.3. The van der Waals surface area contributed by atoms with E-state index in [1.165, 1.54) is 12.7 Å². The fraction of sp³-hybridized carbons (Fsp3) is 0.214. The molecule has 3 aromatic rings. The van der Waals surface area contributed by atoms with E-state index >= 15 is 0 Å². The van der Waals surface area contributed by atoms with Gasteiger partial charge in [-0.05, 0) is 26.0 Å². The number of nitrogens with zero attached hydrogens (tertiary/aromatic N) is 5. The smallest absolute Gasteiger partial charge is 0.354 e. The van der Waals surface area contributed by atoms with Gasteiger partial charge in [0, 0.05) is 6.04 Å². The molecule has 0 unspecified atom stereocenters. The minimum absolute atomic E-state index is 0.0148. The first kappa shape index (κ1) is 13.9. The van der Waals surface area contributed by atoms with E-state index in [0.29, 0.717) is 0 Å². The summed E-state index contributed by atoms with van der Waals surface area (Å²) in [5, 5.41) is 14.5. The molecule has 3 rings (SSSR count). The molecule has 0 aliphatic heterocycles. The summed E-state index contributed by atoms with van der Waals surface area (Å²) in [4.78, 5) is 23.4. The highest BCUT2D eigenvalue weighted by Crippen LogP contribution is 2.30.